The lowest BCUT2D eigenvalue weighted by molar-refractivity contribution is -0.144. The van der Waals surface area contributed by atoms with Crippen LogP contribution in [0.4, 0.5) is 0 Å². The van der Waals surface area contributed by atoms with Gasteiger partial charge in [-0.05, 0) is 25.2 Å². The monoisotopic (exact) mass is 154 g/mol. The molecular formula is C9H14O2. The summed E-state index contributed by atoms with van der Waals surface area (Å²) in [5.41, 5.74) is -0.434. The maximum Gasteiger partial charge on any atom is 0.310 e. The molecule has 1 unspecified atom stereocenters. The number of aliphatic carboxylic acids is 1. The molecule has 0 amide bonds. The number of hydrogen-bond donors (Lipinski definition) is 1. The van der Waals surface area contributed by atoms with E-state index in [2.05, 4.69) is 6.58 Å². The number of hydrogen-bond acceptors (Lipinski definition) is 1. The third-order valence-electron chi connectivity index (χ3n) is 2.65. The highest BCUT2D eigenvalue weighted by Crippen LogP contribution is 2.53. The van der Waals surface area contributed by atoms with Crippen molar-refractivity contribution in [2.45, 2.75) is 26.2 Å². The average molecular weight is 154 g/mol. The third kappa shape index (κ3) is 1.17. The Kier molecular flexibility index (Phi) is 2.03. The fraction of sp³-hybridized carbons (Fsp3) is 0.667. The van der Waals surface area contributed by atoms with Gasteiger partial charge in [-0.25, -0.2) is 0 Å². The molecule has 0 bridgehead atoms. The second-order valence-electron chi connectivity index (χ2n) is 3.21. The van der Waals surface area contributed by atoms with Crippen molar-refractivity contribution in [1.82, 2.24) is 0 Å². The van der Waals surface area contributed by atoms with E-state index in [9.17, 15) is 4.79 Å². The first-order valence-electron chi connectivity index (χ1n) is 4.03. The predicted octanol–water partition coefficient (Wildman–Crippen LogP) is 2.06. The Morgan fingerprint density at radius 2 is 2.36 bits per heavy atom. The number of carbonyl (C=O) groups is 1. The molecule has 0 aliphatic heterocycles. The Labute approximate surface area is 66.9 Å². The fourth-order valence-electron chi connectivity index (χ4n) is 1.66. The summed E-state index contributed by atoms with van der Waals surface area (Å²) < 4.78 is 0. The molecule has 0 aromatic carbocycles. The summed E-state index contributed by atoms with van der Waals surface area (Å²) in [6.07, 6.45) is 4.32. The van der Waals surface area contributed by atoms with E-state index in [1.807, 2.05) is 6.92 Å². The molecule has 0 radical (unpaired) electrons. The molecule has 0 aromatic heterocycles. The van der Waals surface area contributed by atoms with Gasteiger partial charge in [0.05, 0.1) is 5.41 Å². The molecule has 1 atom stereocenters. The van der Waals surface area contributed by atoms with Gasteiger partial charge < -0.3 is 5.11 Å². The second kappa shape index (κ2) is 2.68. The van der Waals surface area contributed by atoms with Crippen LogP contribution in [0.3, 0.4) is 0 Å². The summed E-state index contributed by atoms with van der Waals surface area (Å²) in [4.78, 5) is 10.8. The van der Waals surface area contributed by atoms with Crippen LogP contribution in [0, 0.1) is 11.3 Å². The van der Waals surface area contributed by atoms with E-state index in [1.165, 1.54) is 0 Å². The van der Waals surface area contributed by atoms with Crippen LogP contribution in [0.15, 0.2) is 12.7 Å². The molecule has 62 valence electrons. The molecule has 0 saturated heterocycles. The number of rotatable bonds is 4. The van der Waals surface area contributed by atoms with Gasteiger partial charge in [-0.2, -0.15) is 0 Å². The molecule has 1 N–H and O–H groups in total. The van der Waals surface area contributed by atoms with Crippen LogP contribution < -0.4 is 0 Å². The molecular weight excluding hydrogens is 140 g/mol. The molecule has 1 fully saturated rings. The summed E-state index contributed by atoms with van der Waals surface area (Å²) in [7, 11) is 0. The summed E-state index contributed by atoms with van der Waals surface area (Å²) in [6.45, 7) is 5.67. The van der Waals surface area contributed by atoms with Gasteiger partial charge in [0.1, 0.15) is 0 Å². The molecule has 2 heteroatoms. The standard InChI is InChI=1S/C9H14O2/c1-3-7(4-2)9(5-6-9)8(10)11/h3,7H,1,4-6H2,2H3,(H,10,11). The lowest BCUT2D eigenvalue weighted by atomic mass is 9.87. The first-order valence-corrected chi connectivity index (χ1v) is 4.03. The highest BCUT2D eigenvalue weighted by molar-refractivity contribution is 5.78. The molecule has 1 saturated carbocycles. The van der Waals surface area contributed by atoms with Crippen molar-refractivity contribution >= 4 is 5.97 Å². The van der Waals surface area contributed by atoms with Gasteiger partial charge in [0.15, 0.2) is 0 Å². The van der Waals surface area contributed by atoms with Crippen molar-refractivity contribution in [3.8, 4) is 0 Å². The number of carboxylic acids is 1. The minimum atomic E-state index is -0.649. The predicted molar refractivity (Wildman–Crippen MR) is 43.3 cm³/mol. The van der Waals surface area contributed by atoms with E-state index >= 15 is 0 Å². The van der Waals surface area contributed by atoms with Crippen LogP contribution in [0.25, 0.3) is 0 Å². The van der Waals surface area contributed by atoms with E-state index in [1.54, 1.807) is 6.08 Å². The number of allylic oxidation sites excluding steroid dienone is 1. The van der Waals surface area contributed by atoms with Crippen molar-refractivity contribution < 1.29 is 9.90 Å². The van der Waals surface area contributed by atoms with Crippen molar-refractivity contribution in [3.05, 3.63) is 12.7 Å². The lowest BCUT2D eigenvalue weighted by Crippen LogP contribution is -2.23. The first-order chi connectivity index (χ1) is 5.17. The quantitative estimate of drug-likeness (QED) is 0.629. The maximum absolute atomic E-state index is 10.8. The molecule has 2 nitrogen and oxygen atoms in total. The van der Waals surface area contributed by atoms with Crippen molar-refractivity contribution in [1.29, 1.82) is 0 Å². The highest BCUT2D eigenvalue weighted by atomic mass is 16.4. The van der Waals surface area contributed by atoms with Gasteiger partial charge in [-0.3, -0.25) is 4.79 Å². The lowest BCUT2D eigenvalue weighted by Gasteiger charge is -2.17. The molecule has 0 spiro atoms. The van der Waals surface area contributed by atoms with E-state index in [4.69, 9.17) is 5.11 Å². The van der Waals surface area contributed by atoms with Crippen LogP contribution >= 0.6 is 0 Å². The third-order valence-corrected chi connectivity index (χ3v) is 2.65. The van der Waals surface area contributed by atoms with E-state index in [-0.39, 0.29) is 5.92 Å². The zero-order chi connectivity index (χ0) is 8.48. The molecule has 1 rings (SSSR count). The normalized spacial score (nSPS) is 22.3. The van der Waals surface area contributed by atoms with Crippen LogP contribution in [0.5, 0.6) is 0 Å². The first kappa shape index (κ1) is 8.31. The largest absolute Gasteiger partial charge is 0.481 e. The molecule has 0 aromatic rings. The average Bonchev–Trinajstić information content (AvgIpc) is 2.71. The SMILES string of the molecule is C=CC(CC)C1(C(=O)O)CC1. The second-order valence-corrected chi connectivity index (χ2v) is 3.21. The number of carboxylic acid groups (broad SMARTS) is 1. The molecule has 11 heavy (non-hydrogen) atoms. The minimum absolute atomic E-state index is 0.167. The van der Waals surface area contributed by atoms with Crippen LogP contribution in [0.1, 0.15) is 26.2 Å². The Balaban J connectivity index is 2.70. The van der Waals surface area contributed by atoms with Gasteiger partial charge in [-0.15, -0.1) is 6.58 Å². The van der Waals surface area contributed by atoms with Crippen molar-refractivity contribution in [2.24, 2.45) is 11.3 Å². The van der Waals surface area contributed by atoms with Gasteiger partial charge in [0.2, 0.25) is 0 Å². The van der Waals surface area contributed by atoms with Gasteiger partial charge in [0, 0.05) is 0 Å². The smallest absolute Gasteiger partial charge is 0.310 e. The Morgan fingerprint density at radius 1 is 1.82 bits per heavy atom. The fourth-order valence-corrected chi connectivity index (χ4v) is 1.66. The summed E-state index contributed by atoms with van der Waals surface area (Å²) >= 11 is 0. The Morgan fingerprint density at radius 3 is 2.45 bits per heavy atom. The van der Waals surface area contributed by atoms with E-state index < -0.39 is 11.4 Å². The van der Waals surface area contributed by atoms with Crippen LogP contribution in [-0.4, -0.2) is 11.1 Å². The van der Waals surface area contributed by atoms with E-state index in [0.717, 1.165) is 19.3 Å². The minimum Gasteiger partial charge on any atom is -0.481 e. The van der Waals surface area contributed by atoms with Gasteiger partial charge >= 0.3 is 5.97 Å². The summed E-state index contributed by atoms with van der Waals surface area (Å²) in [5, 5.41) is 8.89. The van der Waals surface area contributed by atoms with Crippen molar-refractivity contribution in [3.63, 3.8) is 0 Å². The zero-order valence-corrected chi connectivity index (χ0v) is 6.84. The maximum atomic E-state index is 10.8. The Bertz CT molecular complexity index is 180. The topological polar surface area (TPSA) is 37.3 Å². The van der Waals surface area contributed by atoms with Crippen LogP contribution in [-0.2, 0) is 4.79 Å². The summed E-state index contributed by atoms with van der Waals surface area (Å²) in [6, 6.07) is 0. The molecule has 0 heterocycles. The van der Waals surface area contributed by atoms with Crippen molar-refractivity contribution in [2.75, 3.05) is 0 Å². The highest BCUT2D eigenvalue weighted by Gasteiger charge is 2.54. The van der Waals surface area contributed by atoms with Crippen LogP contribution in [0.2, 0.25) is 0 Å². The zero-order valence-electron chi connectivity index (χ0n) is 6.84. The molecule has 1 aliphatic carbocycles. The van der Waals surface area contributed by atoms with E-state index in [0.29, 0.717) is 0 Å². The molecule has 1 aliphatic rings. The Hall–Kier alpha value is -0.790. The summed E-state index contributed by atoms with van der Waals surface area (Å²) in [5.74, 6) is -0.482. The van der Waals surface area contributed by atoms with Gasteiger partial charge in [0.25, 0.3) is 0 Å². The van der Waals surface area contributed by atoms with Gasteiger partial charge in [-0.1, -0.05) is 13.0 Å².